The molecule has 1 aliphatic carbocycles. The molecule has 2 rings (SSSR count). The zero-order valence-electron chi connectivity index (χ0n) is 13.7. The van der Waals surface area contributed by atoms with Crippen LogP contribution in [-0.4, -0.2) is 23.5 Å². The molecule has 3 heteroatoms. The number of aryl methyl sites for hydroxylation is 1. The second kappa shape index (κ2) is 6.77. The van der Waals surface area contributed by atoms with E-state index in [1.54, 1.807) is 0 Å². The highest BCUT2D eigenvalue weighted by Crippen LogP contribution is 2.29. The van der Waals surface area contributed by atoms with Gasteiger partial charge in [0.1, 0.15) is 11.5 Å². The van der Waals surface area contributed by atoms with E-state index in [1.807, 2.05) is 0 Å². The molecule has 1 aromatic heterocycles. The molecule has 1 fully saturated rings. The first-order chi connectivity index (χ1) is 9.45. The van der Waals surface area contributed by atoms with Crippen molar-refractivity contribution in [2.24, 2.45) is 5.92 Å². The van der Waals surface area contributed by atoms with E-state index in [0.29, 0.717) is 12.0 Å². The van der Waals surface area contributed by atoms with Crippen LogP contribution >= 0.6 is 0 Å². The van der Waals surface area contributed by atoms with Gasteiger partial charge in [0.25, 0.3) is 0 Å². The van der Waals surface area contributed by atoms with E-state index in [2.05, 4.69) is 50.9 Å². The SMILES string of the molecule is Cc1cc(CN(CC(C)C)C2CC2)oc1CNC(C)C. The maximum Gasteiger partial charge on any atom is 0.120 e. The summed E-state index contributed by atoms with van der Waals surface area (Å²) in [7, 11) is 0. The van der Waals surface area contributed by atoms with Gasteiger partial charge in [-0.25, -0.2) is 0 Å². The molecule has 20 heavy (non-hydrogen) atoms. The first-order valence-corrected chi connectivity index (χ1v) is 8.01. The molecule has 0 bridgehead atoms. The molecule has 1 N–H and O–H groups in total. The third-order valence-corrected chi connectivity index (χ3v) is 3.76. The first kappa shape index (κ1) is 15.6. The van der Waals surface area contributed by atoms with Gasteiger partial charge in [0.15, 0.2) is 0 Å². The summed E-state index contributed by atoms with van der Waals surface area (Å²) in [6, 6.07) is 3.50. The Morgan fingerprint density at radius 1 is 1.30 bits per heavy atom. The fraction of sp³-hybridized carbons (Fsp3) is 0.765. The third kappa shape index (κ3) is 4.64. The summed E-state index contributed by atoms with van der Waals surface area (Å²) in [5, 5.41) is 3.43. The molecule has 1 aliphatic rings. The minimum absolute atomic E-state index is 0.492. The second-order valence-electron chi connectivity index (χ2n) is 6.91. The molecule has 1 aromatic rings. The van der Waals surface area contributed by atoms with E-state index in [0.717, 1.165) is 30.7 Å². The first-order valence-electron chi connectivity index (χ1n) is 8.01. The number of nitrogens with zero attached hydrogens (tertiary/aromatic N) is 1. The highest BCUT2D eigenvalue weighted by molar-refractivity contribution is 5.20. The van der Waals surface area contributed by atoms with Crippen LogP contribution in [0.3, 0.4) is 0 Å². The van der Waals surface area contributed by atoms with E-state index in [9.17, 15) is 0 Å². The molecule has 3 nitrogen and oxygen atoms in total. The molecular weight excluding hydrogens is 248 g/mol. The van der Waals surface area contributed by atoms with Gasteiger partial charge >= 0.3 is 0 Å². The Labute approximate surface area is 123 Å². The van der Waals surface area contributed by atoms with Crippen LogP contribution in [0.25, 0.3) is 0 Å². The Morgan fingerprint density at radius 2 is 2.00 bits per heavy atom. The highest BCUT2D eigenvalue weighted by atomic mass is 16.3. The van der Waals surface area contributed by atoms with E-state index in [-0.39, 0.29) is 0 Å². The van der Waals surface area contributed by atoms with Gasteiger partial charge in [0.2, 0.25) is 0 Å². The van der Waals surface area contributed by atoms with Gasteiger partial charge in [-0.15, -0.1) is 0 Å². The van der Waals surface area contributed by atoms with Crippen LogP contribution in [0.5, 0.6) is 0 Å². The van der Waals surface area contributed by atoms with Gasteiger partial charge in [0.05, 0.1) is 13.1 Å². The normalized spacial score (nSPS) is 15.8. The van der Waals surface area contributed by atoms with Crippen molar-refractivity contribution in [3.63, 3.8) is 0 Å². The van der Waals surface area contributed by atoms with E-state index >= 15 is 0 Å². The van der Waals surface area contributed by atoms with Gasteiger partial charge in [-0.05, 0) is 37.3 Å². The molecule has 0 amide bonds. The quantitative estimate of drug-likeness (QED) is 0.786. The molecule has 0 saturated heterocycles. The Balaban J connectivity index is 1.95. The Hall–Kier alpha value is -0.800. The summed E-state index contributed by atoms with van der Waals surface area (Å²) in [6.07, 6.45) is 2.71. The van der Waals surface area contributed by atoms with Crippen molar-refractivity contribution in [3.05, 3.63) is 23.2 Å². The number of nitrogens with one attached hydrogen (secondary N) is 1. The number of hydrogen-bond donors (Lipinski definition) is 1. The van der Waals surface area contributed by atoms with Crippen molar-refractivity contribution < 1.29 is 4.42 Å². The molecule has 0 atom stereocenters. The van der Waals surface area contributed by atoms with Gasteiger partial charge in [0, 0.05) is 18.6 Å². The number of hydrogen-bond acceptors (Lipinski definition) is 3. The largest absolute Gasteiger partial charge is 0.463 e. The van der Waals surface area contributed by atoms with Gasteiger partial charge in [-0.3, -0.25) is 4.90 Å². The van der Waals surface area contributed by atoms with Crippen LogP contribution < -0.4 is 5.32 Å². The van der Waals surface area contributed by atoms with E-state index < -0.39 is 0 Å². The lowest BCUT2D eigenvalue weighted by Gasteiger charge is -2.22. The lowest BCUT2D eigenvalue weighted by Crippen LogP contribution is -2.29. The van der Waals surface area contributed by atoms with Crippen molar-refractivity contribution in [3.8, 4) is 0 Å². The predicted octanol–water partition coefficient (Wildman–Crippen LogP) is 3.71. The Morgan fingerprint density at radius 3 is 2.55 bits per heavy atom. The average Bonchev–Trinajstić information content (AvgIpc) is 3.11. The fourth-order valence-electron chi connectivity index (χ4n) is 2.59. The molecule has 0 aromatic carbocycles. The fourth-order valence-corrected chi connectivity index (χ4v) is 2.59. The van der Waals surface area contributed by atoms with E-state index in [4.69, 9.17) is 4.42 Å². The number of rotatable bonds is 8. The highest BCUT2D eigenvalue weighted by Gasteiger charge is 2.30. The summed E-state index contributed by atoms with van der Waals surface area (Å²) in [6.45, 7) is 14.0. The van der Waals surface area contributed by atoms with Crippen LogP contribution in [0, 0.1) is 12.8 Å². The van der Waals surface area contributed by atoms with Crippen molar-refractivity contribution in [2.75, 3.05) is 6.54 Å². The lowest BCUT2D eigenvalue weighted by atomic mass is 10.2. The Kier molecular flexibility index (Phi) is 5.28. The lowest BCUT2D eigenvalue weighted by molar-refractivity contribution is 0.207. The molecule has 114 valence electrons. The van der Waals surface area contributed by atoms with Crippen molar-refractivity contribution in [2.45, 2.75) is 72.6 Å². The topological polar surface area (TPSA) is 28.4 Å². The average molecular weight is 278 g/mol. The summed E-state index contributed by atoms with van der Waals surface area (Å²) in [5.74, 6) is 2.93. The van der Waals surface area contributed by atoms with Gasteiger partial charge in [-0.1, -0.05) is 27.7 Å². The standard InChI is InChI=1S/C17H30N2O/c1-12(2)10-19(15-6-7-15)11-16-8-14(5)17(20-16)9-18-13(3)4/h8,12-13,15,18H,6-7,9-11H2,1-5H3. The molecule has 0 spiro atoms. The third-order valence-electron chi connectivity index (χ3n) is 3.76. The maximum absolute atomic E-state index is 6.05. The molecule has 1 saturated carbocycles. The molecule has 0 aliphatic heterocycles. The maximum atomic E-state index is 6.05. The van der Waals surface area contributed by atoms with Gasteiger partial charge in [-0.2, -0.15) is 0 Å². The second-order valence-corrected chi connectivity index (χ2v) is 6.91. The zero-order valence-corrected chi connectivity index (χ0v) is 13.7. The van der Waals surface area contributed by atoms with Crippen LogP contribution in [0.4, 0.5) is 0 Å². The van der Waals surface area contributed by atoms with E-state index in [1.165, 1.54) is 24.9 Å². The van der Waals surface area contributed by atoms with Gasteiger partial charge < -0.3 is 9.73 Å². The molecule has 0 unspecified atom stereocenters. The molecular formula is C17H30N2O. The summed E-state index contributed by atoms with van der Waals surface area (Å²) in [4.78, 5) is 2.59. The van der Waals surface area contributed by atoms with Crippen LogP contribution in [-0.2, 0) is 13.1 Å². The Bertz CT molecular complexity index is 419. The van der Waals surface area contributed by atoms with Crippen LogP contribution in [0.2, 0.25) is 0 Å². The monoisotopic (exact) mass is 278 g/mol. The summed E-state index contributed by atoms with van der Waals surface area (Å²) >= 11 is 0. The van der Waals surface area contributed by atoms with Crippen molar-refractivity contribution in [1.82, 2.24) is 10.2 Å². The smallest absolute Gasteiger partial charge is 0.120 e. The zero-order chi connectivity index (χ0) is 14.7. The number of furan rings is 1. The minimum atomic E-state index is 0.492. The molecule has 1 heterocycles. The summed E-state index contributed by atoms with van der Waals surface area (Å²) < 4.78 is 6.05. The van der Waals surface area contributed by atoms with Crippen LogP contribution in [0.1, 0.15) is 57.6 Å². The van der Waals surface area contributed by atoms with Crippen molar-refractivity contribution in [1.29, 1.82) is 0 Å². The molecule has 0 radical (unpaired) electrons. The summed E-state index contributed by atoms with van der Waals surface area (Å²) in [5.41, 5.74) is 1.27. The predicted molar refractivity (Wildman–Crippen MR) is 83.7 cm³/mol. The van der Waals surface area contributed by atoms with Crippen LogP contribution in [0.15, 0.2) is 10.5 Å². The van der Waals surface area contributed by atoms with Crippen molar-refractivity contribution >= 4 is 0 Å². The minimum Gasteiger partial charge on any atom is -0.463 e.